The van der Waals surface area contributed by atoms with Crippen LogP contribution in [0, 0.1) is 11.8 Å². The van der Waals surface area contributed by atoms with Gasteiger partial charge in [0.1, 0.15) is 5.75 Å². The summed E-state index contributed by atoms with van der Waals surface area (Å²) in [5, 5.41) is 2.82. The van der Waals surface area contributed by atoms with Gasteiger partial charge in [0.15, 0.2) is 6.54 Å². The Balaban J connectivity index is 2.15. The van der Waals surface area contributed by atoms with Gasteiger partial charge in [0, 0.05) is 25.9 Å². The van der Waals surface area contributed by atoms with Crippen molar-refractivity contribution in [2.24, 2.45) is 11.8 Å². The van der Waals surface area contributed by atoms with Gasteiger partial charge in [0.25, 0.3) is 5.91 Å². The lowest BCUT2D eigenvalue weighted by molar-refractivity contribution is -0.904. The fourth-order valence-corrected chi connectivity index (χ4v) is 4.57. The first-order valence-electron chi connectivity index (χ1n) is 8.87. The van der Waals surface area contributed by atoms with Gasteiger partial charge in [-0.2, -0.15) is 0 Å². The van der Waals surface area contributed by atoms with Crippen LogP contribution in [0.25, 0.3) is 0 Å². The summed E-state index contributed by atoms with van der Waals surface area (Å²) in [6.07, 6.45) is 1.20. The maximum atomic E-state index is 12.5. The molecule has 0 spiro atoms. The van der Waals surface area contributed by atoms with E-state index in [0.717, 1.165) is 17.4 Å². The van der Waals surface area contributed by atoms with Crippen molar-refractivity contribution in [2.75, 3.05) is 46.2 Å². The Hall–Kier alpha value is -1.64. The summed E-state index contributed by atoms with van der Waals surface area (Å²) in [5.41, 5.74) is 0.373. The Kier molecular flexibility index (Phi) is 6.65. The second kappa shape index (κ2) is 8.37. The van der Waals surface area contributed by atoms with Crippen molar-refractivity contribution in [2.45, 2.75) is 25.2 Å². The predicted molar refractivity (Wildman–Crippen MR) is 101 cm³/mol. The number of ether oxygens (including phenoxy) is 1. The van der Waals surface area contributed by atoms with Crippen molar-refractivity contribution in [1.82, 2.24) is 4.31 Å². The van der Waals surface area contributed by atoms with Crippen LogP contribution in [-0.2, 0) is 14.8 Å². The lowest BCUT2D eigenvalue weighted by atomic mass is 9.92. The molecule has 8 heteroatoms. The van der Waals surface area contributed by atoms with Crippen LogP contribution in [0.4, 0.5) is 5.69 Å². The number of likely N-dealkylation sites (tertiary alicyclic amines) is 1. The maximum Gasteiger partial charge on any atom is 0.279 e. The zero-order valence-corrected chi connectivity index (χ0v) is 17.0. The molecule has 0 unspecified atom stereocenters. The highest BCUT2D eigenvalue weighted by Crippen LogP contribution is 2.28. The Morgan fingerprint density at radius 3 is 2.42 bits per heavy atom. The van der Waals surface area contributed by atoms with Gasteiger partial charge < -0.3 is 15.0 Å². The number of nitrogens with zero attached hydrogens (tertiary/aromatic N) is 1. The van der Waals surface area contributed by atoms with Gasteiger partial charge in [-0.05, 0) is 24.6 Å². The van der Waals surface area contributed by atoms with Crippen LogP contribution in [0.15, 0.2) is 23.1 Å². The normalized spacial score (nSPS) is 23.7. The number of carbonyl (C=O) groups is 1. The largest absolute Gasteiger partial charge is 0.495 e. The molecule has 0 aromatic heterocycles. The molecule has 0 aliphatic carbocycles. The Morgan fingerprint density at radius 1 is 1.27 bits per heavy atom. The third-order valence-electron chi connectivity index (χ3n) is 4.71. The van der Waals surface area contributed by atoms with E-state index in [0.29, 0.717) is 29.8 Å². The molecule has 2 atom stereocenters. The van der Waals surface area contributed by atoms with Crippen LogP contribution in [0.3, 0.4) is 0 Å². The van der Waals surface area contributed by atoms with E-state index < -0.39 is 10.0 Å². The lowest BCUT2D eigenvalue weighted by Crippen LogP contribution is -3.15. The molecule has 26 heavy (non-hydrogen) atoms. The number of hydrogen-bond acceptors (Lipinski definition) is 4. The summed E-state index contributed by atoms with van der Waals surface area (Å²) in [6.45, 7) is 6.74. The molecule has 1 aliphatic heterocycles. The minimum atomic E-state index is -3.58. The Morgan fingerprint density at radius 2 is 1.88 bits per heavy atom. The minimum Gasteiger partial charge on any atom is -0.495 e. The molecule has 1 amide bonds. The summed E-state index contributed by atoms with van der Waals surface area (Å²) in [6, 6.07) is 4.48. The van der Waals surface area contributed by atoms with E-state index >= 15 is 0 Å². The fraction of sp³-hybridized carbons (Fsp3) is 0.611. The van der Waals surface area contributed by atoms with Crippen LogP contribution >= 0.6 is 0 Å². The van der Waals surface area contributed by atoms with E-state index in [2.05, 4.69) is 19.2 Å². The molecular formula is C18H30N3O4S+. The number of hydrogen-bond donors (Lipinski definition) is 2. The van der Waals surface area contributed by atoms with E-state index in [-0.39, 0.29) is 10.8 Å². The molecule has 1 saturated heterocycles. The van der Waals surface area contributed by atoms with Crippen LogP contribution < -0.4 is 15.0 Å². The number of quaternary nitrogens is 1. The van der Waals surface area contributed by atoms with E-state index in [9.17, 15) is 13.2 Å². The topological polar surface area (TPSA) is 80.2 Å². The van der Waals surface area contributed by atoms with Crippen LogP contribution in [0.5, 0.6) is 5.75 Å². The number of methoxy groups -OCH3 is 1. The third kappa shape index (κ3) is 4.96. The smallest absolute Gasteiger partial charge is 0.279 e. The highest BCUT2D eigenvalue weighted by molar-refractivity contribution is 7.89. The standard InChI is InChI=1S/C18H29N3O4S/c1-13-8-14(2)11-21(10-13)12-18(22)19-16-9-15(6-7-17(16)25-5)26(23,24)20(3)4/h6-7,9,13-14H,8,10-12H2,1-5H3,(H,19,22)/p+1/t13-,14-/m0/s1. The van der Waals surface area contributed by atoms with Gasteiger partial charge in [0.2, 0.25) is 10.0 Å². The molecule has 1 aromatic rings. The molecule has 0 radical (unpaired) electrons. The first-order valence-corrected chi connectivity index (χ1v) is 10.3. The molecule has 1 aromatic carbocycles. The van der Waals surface area contributed by atoms with Gasteiger partial charge >= 0.3 is 0 Å². The van der Waals surface area contributed by atoms with Crippen molar-refractivity contribution >= 4 is 21.6 Å². The van der Waals surface area contributed by atoms with Crippen LogP contribution in [0.1, 0.15) is 20.3 Å². The average Bonchev–Trinajstić information content (AvgIpc) is 2.53. The van der Waals surface area contributed by atoms with Gasteiger partial charge in [-0.1, -0.05) is 13.8 Å². The highest BCUT2D eigenvalue weighted by Gasteiger charge is 2.27. The fourth-order valence-electron chi connectivity index (χ4n) is 3.64. The quantitative estimate of drug-likeness (QED) is 0.746. The Labute approximate surface area is 156 Å². The van der Waals surface area contributed by atoms with Crippen molar-refractivity contribution in [3.63, 3.8) is 0 Å². The summed E-state index contributed by atoms with van der Waals surface area (Å²) >= 11 is 0. The van der Waals surface area contributed by atoms with E-state index in [1.54, 1.807) is 6.07 Å². The van der Waals surface area contributed by atoms with Gasteiger partial charge in [-0.3, -0.25) is 4.79 Å². The summed E-state index contributed by atoms with van der Waals surface area (Å²) in [7, 11) is 0.854. The monoisotopic (exact) mass is 384 g/mol. The molecule has 0 saturated carbocycles. The second-order valence-electron chi connectivity index (χ2n) is 7.48. The number of sulfonamides is 1. The number of nitrogens with one attached hydrogen (secondary N) is 2. The van der Waals surface area contributed by atoms with E-state index in [4.69, 9.17) is 4.74 Å². The van der Waals surface area contributed by atoms with Crippen molar-refractivity contribution in [3.05, 3.63) is 18.2 Å². The molecule has 2 N–H and O–H groups in total. The maximum absolute atomic E-state index is 12.5. The first kappa shape index (κ1) is 20.7. The van der Waals surface area contributed by atoms with Crippen molar-refractivity contribution < 1.29 is 22.8 Å². The number of carbonyl (C=O) groups excluding carboxylic acids is 1. The summed E-state index contributed by atoms with van der Waals surface area (Å²) in [5.74, 6) is 1.50. The summed E-state index contributed by atoms with van der Waals surface area (Å²) < 4.78 is 31.1. The number of anilines is 1. The molecule has 1 aliphatic rings. The number of benzene rings is 1. The second-order valence-corrected chi connectivity index (χ2v) is 9.63. The predicted octanol–water partition coefficient (Wildman–Crippen LogP) is 0.445. The molecule has 0 bridgehead atoms. The zero-order chi connectivity index (χ0) is 19.5. The van der Waals surface area contributed by atoms with Crippen molar-refractivity contribution in [1.29, 1.82) is 0 Å². The van der Waals surface area contributed by atoms with Crippen LogP contribution in [0.2, 0.25) is 0 Å². The molecule has 146 valence electrons. The lowest BCUT2D eigenvalue weighted by Gasteiger charge is -2.31. The number of amides is 1. The number of piperidine rings is 1. The minimum absolute atomic E-state index is 0.117. The third-order valence-corrected chi connectivity index (χ3v) is 6.52. The molecule has 2 rings (SSSR count). The first-order chi connectivity index (χ1) is 12.1. The number of rotatable bonds is 6. The van der Waals surface area contributed by atoms with Gasteiger partial charge in [-0.25, -0.2) is 12.7 Å². The Bertz CT molecular complexity index is 739. The van der Waals surface area contributed by atoms with Gasteiger partial charge in [0.05, 0.1) is 30.8 Å². The zero-order valence-electron chi connectivity index (χ0n) is 16.2. The van der Waals surface area contributed by atoms with Crippen LogP contribution in [-0.4, -0.2) is 59.5 Å². The van der Waals surface area contributed by atoms with Gasteiger partial charge in [-0.15, -0.1) is 0 Å². The SMILES string of the molecule is COc1ccc(S(=O)(=O)N(C)C)cc1NC(=O)C[NH+]1C[C@@H](C)C[C@H](C)C1. The highest BCUT2D eigenvalue weighted by atomic mass is 32.2. The van der Waals surface area contributed by atoms with E-state index in [1.165, 1.54) is 44.7 Å². The molecule has 7 nitrogen and oxygen atoms in total. The average molecular weight is 385 g/mol. The summed E-state index contributed by atoms with van der Waals surface area (Å²) in [4.78, 5) is 13.9. The molecule has 1 heterocycles. The van der Waals surface area contributed by atoms with E-state index in [1.807, 2.05) is 0 Å². The van der Waals surface area contributed by atoms with Crippen molar-refractivity contribution in [3.8, 4) is 5.75 Å². The molecule has 1 fully saturated rings. The molecular weight excluding hydrogens is 354 g/mol.